The molecule has 1 aromatic carbocycles. The van der Waals surface area contributed by atoms with E-state index in [1.807, 2.05) is 24.3 Å². The summed E-state index contributed by atoms with van der Waals surface area (Å²) in [5.74, 6) is 2.01. The van der Waals surface area contributed by atoms with Crippen molar-refractivity contribution in [1.29, 1.82) is 0 Å². The summed E-state index contributed by atoms with van der Waals surface area (Å²) in [6.07, 6.45) is 0. The van der Waals surface area contributed by atoms with E-state index in [1.165, 1.54) is 0 Å². The van der Waals surface area contributed by atoms with Crippen LogP contribution in [0.2, 0.25) is 10.0 Å². The fourth-order valence-electron chi connectivity index (χ4n) is 1.70. The molecule has 0 aliphatic carbocycles. The highest BCUT2D eigenvalue weighted by Crippen LogP contribution is 2.29. The summed E-state index contributed by atoms with van der Waals surface area (Å²) in [7, 11) is 3.40. The number of nitrogens with one attached hydrogen (secondary N) is 2. The van der Waals surface area contributed by atoms with Gasteiger partial charge in [-0.05, 0) is 23.8 Å². The van der Waals surface area contributed by atoms with E-state index >= 15 is 0 Å². The Kier molecular flexibility index (Phi) is 4.93. The van der Waals surface area contributed by atoms with Gasteiger partial charge in [-0.1, -0.05) is 35.3 Å². The summed E-state index contributed by atoms with van der Waals surface area (Å²) in [4.78, 5) is 4.33. The van der Waals surface area contributed by atoms with Gasteiger partial charge in [0.25, 0.3) is 0 Å². The van der Waals surface area contributed by atoms with Crippen LogP contribution >= 0.6 is 23.2 Å². The van der Waals surface area contributed by atoms with Crippen LogP contribution in [0.1, 0.15) is 5.56 Å². The number of anilines is 2. The molecule has 0 unspecified atom stereocenters. The van der Waals surface area contributed by atoms with Gasteiger partial charge in [0.15, 0.2) is 0 Å². The topological polar surface area (TPSA) is 46.2 Å². The molecule has 106 valence electrons. The molecule has 0 amide bonds. The lowest BCUT2D eigenvalue weighted by molar-refractivity contribution is 0.414. The molecule has 0 aliphatic rings. The first kappa shape index (κ1) is 14.8. The predicted octanol–water partition coefficient (Wildman–Crippen LogP) is 4.05. The lowest BCUT2D eigenvalue weighted by Gasteiger charge is -2.11. The van der Waals surface area contributed by atoms with Gasteiger partial charge >= 0.3 is 0 Å². The number of hydrogen-bond donors (Lipinski definition) is 2. The van der Waals surface area contributed by atoms with E-state index in [0.717, 1.165) is 11.3 Å². The number of benzene rings is 1. The second-order valence-electron chi connectivity index (χ2n) is 4.10. The Labute approximate surface area is 128 Å². The standard InChI is InChI=1S/C14H15Cl2N3O/c1-17-13-11(15)7-12(16)14(19-13)18-8-9-3-5-10(20-2)6-4-9/h3-7H,8H2,1-2H3,(H2,17,18,19). The van der Waals surface area contributed by atoms with Crippen molar-refractivity contribution in [3.63, 3.8) is 0 Å². The molecule has 0 fully saturated rings. The maximum Gasteiger partial charge on any atom is 0.147 e. The third-order valence-electron chi connectivity index (χ3n) is 2.79. The summed E-state index contributed by atoms with van der Waals surface area (Å²) >= 11 is 12.1. The summed E-state index contributed by atoms with van der Waals surface area (Å²) in [5.41, 5.74) is 1.10. The summed E-state index contributed by atoms with van der Waals surface area (Å²) in [6, 6.07) is 9.45. The zero-order valence-electron chi connectivity index (χ0n) is 11.2. The van der Waals surface area contributed by atoms with Gasteiger partial charge in [0.2, 0.25) is 0 Å². The molecule has 20 heavy (non-hydrogen) atoms. The fraction of sp³-hybridized carbons (Fsp3) is 0.214. The van der Waals surface area contributed by atoms with E-state index in [9.17, 15) is 0 Å². The Morgan fingerprint density at radius 1 is 1.10 bits per heavy atom. The van der Waals surface area contributed by atoms with E-state index in [-0.39, 0.29) is 0 Å². The molecule has 6 heteroatoms. The molecular weight excluding hydrogens is 297 g/mol. The van der Waals surface area contributed by atoms with E-state index in [0.29, 0.717) is 28.2 Å². The van der Waals surface area contributed by atoms with Crippen LogP contribution in [0, 0.1) is 0 Å². The lowest BCUT2D eigenvalue weighted by atomic mass is 10.2. The molecule has 4 nitrogen and oxygen atoms in total. The Morgan fingerprint density at radius 3 is 2.35 bits per heavy atom. The third-order valence-corrected chi connectivity index (χ3v) is 3.36. The average Bonchev–Trinajstić information content (AvgIpc) is 2.47. The van der Waals surface area contributed by atoms with Gasteiger partial charge < -0.3 is 15.4 Å². The highest BCUT2D eigenvalue weighted by molar-refractivity contribution is 6.37. The Balaban J connectivity index is 2.09. The predicted molar refractivity (Wildman–Crippen MR) is 84.1 cm³/mol. The number of ether oxygens (including phenoxy) is 1. The molecule has 0 spiro atoms. The van der Waals surface area contributed by atoms with Crippen molar-refractivity contribution in [3.8, 4) is 5.75 Å². The van der Waals surface area contributed by atoms with Gasteiger partial charge in [-0.2, -0.15) is 0 Å². The maximum atomic E-state index is 6.12. The molecule has 0 atom stereocenters. The smallest absolute Gasteiger partial charge is 0.147 e. The molecule has 0 radical (unpaired) electrons. The first-order chi connectivity index (χ1) is 9.63. The highest BCUT2D eigenvalue weighted by atomic mass is 35.5. The van der Waals surface area contributed by atoms with Crippen LogP contribution in [-0.4, -0.2) is 19.1 Å². The van der Waals surface area contributed by atoms with Crippen LogP contribution in [0.15, 0.2) is 30.3 Å². The normalized spacial score (nSPS) is 10.2. The fourth-order valence-corrected chi connectivity index (χ4v) is 2.21. The van der Waals surface area contributed by atoms with Crippen LogP contribution in [-0.2, 0) is 6.54 Å². The highest BCUT2D eigenvalue weighted by Gasteiger charge is 2.08. The van der Waals surface area contributed by atoms with Crippen LogP contribution < -0.4 is 15.4 Å². The Hall–Kier alpha value is -1.65. The zero-order chi connectivity index (χ0) is 14.5. The SMILES string of the molecule is CNc1nc(NCc2ccc(OC)cc2)c(Cl)cc1Cl. The molecule has 0 saturated heterocycles. The summed E-state index contributed by atoms with van der Waals surface area (Å²) in [6.45, 7) is 0.613. The molecule has 1 heterocycles. The van der Waals surface area contributed by atoms with E-state index < -0.39 is 0 Å². The lowest BCUT2D eigenvalue weighted by Crippen LogP contribution is -2.04. The van der Waals surface area contributed by atoms with Gasteiger partial charge in [0.1, 0.15) is 17.4 Å². The first-order valence-electron chi connectivity index (χ1n) is 6.04. The van der Waals surface area contributed by atoms with Gasteiger partial charge in [0, 0.05) is 13.6 Å². The Morgan fingerprint density at radius 2 is 1.75 bits per heavy atom. The quantitative estimate of drug-likeness (QED) is 0.874. The van der Waals surface area contributed by atoms with Crippen molar-refractivity contribution < 1.29 is 4.74 Å². The molecule has 1 aromatic heterocycles. The average molecular weight is 312 g/mol. The van der Waals surface area contributed by atoms with Crippen molar-refractivity contribution in [2.45, 2.75) is 6.54 Å². The van der Waals surface area contributed by atoms with Crippen LogP contribution in [0.5, 0.6) is 5.75 Å². The monoisotopic (exact) mass is 311 g/mol. The first-order valence-corrected chi connectivity index (χ1v) is 6.80. The minimum Gasteiger partial charge on any atom is -0.497 e. The number of halogens is 2. The van der Waals surface area contributed by atoms with E-state index in [1.54, 1.807) is 20.2 Å². The van der Waals surface area contributed by atoms with Crippen LogP contribution in [0.3, 0.4) is 0 Å². The minimum atomic E-state index is 0.488. The zero-order valence-corrected chi connectivity index (χ0v) is 12.7. The number of rotatable bonds is 5. The summed E-state index contributed by atoms with van der Waals surface area (Å²) in [5, 5.41) is 7.09. The third kappa shape index (κ3) is 3.46. The molecule has 2 N–H and O–H groups in total. The van der Waals surface area contributed by atoms with Gasteiger partial charge in [-0.25, -0.2) is 4.98 Å². The number of aromatic nitrogens is 1. The molecule has 2 aromatic rings. The number of hydrogen-bond acceptors (Lipinski definition) is 4. The molecular formula is C14H15Cl2N3O. The largest absolute Gasteiger partial charge is 0.497 e. The molecule has 0 aliphatic heterocycles. The van der Waals surface area contributed by atoms with Crippen molar-refractivity contribution in [2.24, 2.45) is 0 Å². The second-order valence-corrected chi connectivity index (χ2v) is 4.92. The van der Waals surface area contributed by atoms with Crippen LogP contribution in [0.25, 0.3) is 0 Å². The van der Waals surface area contributed by atoms with Crippen molar-refractivity contribution >= 4 is 34.8 Å². The van der Waals surface area contributed by atoms with E-state index in [4.69, 9.17) is 27.9 Å². The number of pyridine rings is 1. The number of methoxy groups -OCH3 is 1. The number of nitrogens with zero attached hydrogens (tertiary/aromatic N) is 1. The Bertz CT molecular complexity index is 588. The van der Waals surface area contributed by atoms with Crippen molar-refractivity contribution in [1.82, 2.24) is 4.98 Å². The minimum absolute atomic E-state index is 0.488. The molecule has 2 rings (SSSR count). The van der Waals surface area contributed by atoms with Gasteiger partial charge in [-0.3, -0.25) is 0 Å². The van der Waals surface area contributed by atoms with Crippen LogP contribution in [0.4, 0.5) is 11.6 Å². The van der Waals surface area contributed by atoms with Gasteiger partial charge in [-0.15, -0.1) is 0 Å². The molecule has 0 bridgehead atoms. The van der Waals surface area contributed by atoms with Gasteiger partial charge in [0.05, 0.1) is 17.2 Å². The summed E-state index contributed by atoms with van der Waals surface area (Å²) < 4.78 is 5.12. The van der Waals surface area contributed by atoms with Crippen molar-refractivity contribution in [2.75, 3.05) is 24.8 Å². The van der Waals surface area contributed by atoms with Crippen molar-refractivity contribution in [3.05, 3.63) is 45.9 Å². The molecule has 0 saturated carbocycles. The maximum absolute atomic E-state index is 6.12. The second kappa shape index (κ2) is 6.68. The van der Waals surface area contributed by atoms with E-state index in [2.05, 4.69) is 15.6 Å².